The number of H-pyrrole nitrogens is 1. The number of rotatable bonds is 5. The minimum atomic E-state index is -0.315. The molecule has 152 valence electrons. The van der Waals surface area contributed by atoms with Gasteiger partial charge in [-0.25, -0.2) is 4.39 Å². The summed E-state index contributed by atoms with van der Waals surface area (Å²) >= 11 is 1.27. The maximum atomic E-state index is 13.6. The van der Waals surface area contributed by atoms with Crippen LogP contribution in [0.4, 0.5) is 4.39 Å². The van der Waals surface area contributed by atoms with Gasteiger partial charge in [0.2, 0.25) is 5.91 Å². The van der Waals surface area contributed by atoms with Crippen molar-refractivity contribution in [2.75, 3.05) is 18.9 Å². The number of halogens is 1. The molecular weight excluding hydrogens is 407 g/mol. The monoisotopic (exact) mass is 424 g/mol. The van der Waals surface area contributed by atoms with Gasteiger partial charge in [-0.1, -0.05) is 23.9 Å². The summed E-state index contributed by atoms with van der Waals surface area (Å²) in [6.07, 6.45) is 1.34. The van der Waals surface area contributed by atoms with Gasteiger partial charge in [0.1, 0.15) is 23.6 Å². The summed E-state index contributed by atoms with van der Waals surface area (Å²) < 4.78 is 25.1. The van der Waals surface area contributed by atoms with E-state index in [0.717, 1.165) is 21.8 Å². The lowest BCUT2D eigenvalue weighted by molar-refractivity contribution is -0.119. The molecule has 7 nitrogen and oxygen atoms in total. The Morgan fingerprint density at radius 2 is 2.10 bits per heavy atom. The summed E-state index contributed by atoms with van der Waals surface area (Å²) in [5, 5.41) is 13.1. The van der Waals surface area contributed by atoms with E-state index in [0.29, 0.717) is 29.7 Å². The summed E-state index contributed by atoms with van der Waals surface area (Å²) in [5.41, 5.74) is 1.53. The molecule has 0 bridgehead atoms. The van der Waals surface area contributed by atoms with Crippen LogP contribution in [0.2, 0.25) is 0 Å². The first-order valence-corrected chi connectivity index (χ1v) is 10.4. The molecule has 0 fully saturated rings. The van der Waals surface area contributed by atoms with Crippen LogP contribution >= 0.6 is 11.8 Å². The van der Waals surface area contributed by atoms with Crippen molar-refractivity contribution >= 4 is 39.5 Å². The van der Waals surface area contributed by atoms with Gasteiger partial charge in [-0.05, 0) is 30.3 Å². The standard InChI is InChI=1S/C21H17FN4O3S/c22-12-5-6-16-14(7-12)15-9-24-26-21(20(15)25-16)30-11-19(27)23-8-13-10-28-17-3-1-2-4-18(17)29-13/h1-7,9,13,25H,8,10-11H2,(H,23,27). The van der Waals surface area contributed by atoms with E-state index >= 15 is 0 Å². The van der Waals surface area contributed by atoms with Crippen LogP contribution in [0.1, 0.15) is 0 Å². The lowest BCUT2D eigenvalue weighted by Gasteiger charge is -2.26. The largest absolute Gasteiger partial charge is 0.486 e. The lowest BCUT2D eigenvalue weighted by Crippen LogP contribution is -2.41. The van der Waals surface area contributed by atoms with Crippen LogP contribution in [0.15, 0.2) is 53.7 Å². The zero-order valence-electron chi connectivity index (χ0n) is 15.7. The molecular formula is C21H17FN4O3S. The van der Waals surface area contributed by atoms with E-state index in [1.54, 1.807) is 12.3 Å². The van der Waals surface area contributed by atoms with Crippen LogP contribution in [0.5, 0.6) is 11.5 Å². The minimum Gasteiger partial charge on any atom is -0.486 e. The minimum absolute atomic E-state index is 0.150. The van der Waals surface area contributed by atoms with Crippen LogP contribution in [0.25, 0.3) is 21.8 Å². The maximum absolute atomic E-state index is 13.6. The van der Waals surface area contributed by atoms with Crippen molar-refractivity contribution in [3.63, 3.8) is 0 Å². The first-order valence-electron chi connectivity index (χ1n) is 9.38. The predicted molar refractivity (Wildman–Crippen MR) is 111 cm³/mol. The fraction of sp³-hybridized carbons (Fsp3) is 0.190. The average molecular weight is 424 g/mol. The first kappa shape index (κ1) is 18.7. The number of hydrogen-bond acceptors (Lipinski definition) is 6. The van der Waals surface area contributed by atoms with Crippen molar-refractivity contribution < 1.29 is 18.7 Å². The number of carbonyl (C=O) groups is 1. The third-order valence-electron chi connectivity index (χ3n) is 4.78. The fourth-order valence-electron chi connectivity index (χ4n) is 3.35. The zero-order valence-corrected chi connectivity index (χ0v) is 16.5. The second kappa shape index (κ2) is 7.83. The number of amides is 1. The number of nitrogens with zero attached hydrogens (tertiary/aromatic N) is 2. The second-order valence-corrected chi connectivity index (χ2v) is 7.81. The third-order valence-corrected chi connectivity index (χ3v) is 5.75. The highest BCUT2D eigenvalue weighted by Gasteiger charge is 2.21. The van der Waals surface area contributed by atoms with E-state index in [1.807, 2.05) is 24.3 Å². The molecule has 9 heteroatoms. The Bertz CT molecular complexity index is 1250. The summed E-state index contributed by atoms with van der Waals surface area (Å²) in [7, 11) is 0. The topological polar surface area (TPSA) is 89.1 Å². The summed E-state index contributed by atoms with van der Waals surface area (Å²) in [6.45, 7) is 0.718. The number of thioether (sulfide) groups is 1. The van der Waals surface area contributed by atoms with Gasteiger partial charge in [-0.3, -0.25) is 4.79 Å². The van der Waals surface area contributed by atoms with Crippen molar-refractivity contribution in [3.05, 3.63) is 54.5 Å². The number of ether oxygens (including phenoxy) is 2. The Hall–Kier alpha value is -3.33. The Balaban J connectivity index is 1.22. The number of aromatic nitrogens is 3. The first-order chi connectivity index (χ1) is 14.7. The second-order valence-electron chi connectivity index (χ2n) is 6.84. The molecule has 0 aliphatic carbocycles. The molecule has 2 aromatic heterocycles. The van der Waals surface area contributed by atoms with Crippen molar-refractivity contribution in [1.29, 1.82) is 0 Å². The van der Waals surface area contributed by atoms with Crippen LogP contribution in [-0.4, -0.2) is 46.1 Å². The van der Waals surface area contributed by atoms with Crippen molar-refractivity contribution in [2.24, 2.45) is 0 Å². The molecule has 2 N–H and O–H groups in total. The third kappa shape index (κ3) is 3.63. The molecule has 1 aliphatic heterocycles. The van der Waals surface area contributed by atoms with E-state index in [1.165, 1.54) is 23.9 Å². The number of benzene rings is 2. The zero-order chi connectivity index (χ0) is 20.5. The van der Waals surface area contributed by atoms with Crippen molar-refractivity contribution in [1.82, 2.24) is 20.5 Å². The Morgan fingerprint density at radius 3 is 3.00 bits per heavy atom. The molecule has 1 amide bonds. The Morgan fingerprint density at radius 1 is 1.23 bits per heavy atom. The molecule has 1 unspecified atom stereocenters. The van der Waals surface area contributed by atoms with Gasteiger partial charge in [0.15, 0.2) is 11.5 Å². The molecule has 30 heavy (non-hydrogen) atoms. The van der Waals surface area contributed by atoms with Crippen LogP contribution in [0.3, 0.4) is 0 Å². The van der Waals surface area contributed by atoms with E-state index in [4.69, 9.17) is 9.47 Å². The highest BCUT2D eigenvalue weighted by molar-refractivity contribution is 8.00. The van der Waals surface area contributed by atoms with E-state index in [-0.39, 0.29) is 23.6 Å². The van der Waals surface area contributed by atoms with Crippen LogP contribution < -0.4 is 14.8 Å². The average Bonchev–Trinajstić information content (AvgIpc) is 3.14. The van der Waals surface area contributed by atoms with Gasteiger partial charge in [0.05, 0.1) is 24.0 Å². The molecule has 0 radical (unpaired) electrons. The maximum Gasteiger partial charge on any atom is 0.230 e. The fourth-order valence-corrected chi connectivity index (χ4v) is 4.13. The molecule has 0 saturated carbocycles. The van der Waals surface area contributed by atoms with E-state index in [9.17, 15) is 9.18 Å². The summed E-state index contributed by atoms with van der Waals surface area (Å²) in [6, 6.07) is 12.0. The molecule has 1 atom stereocenters. The van der Waals surface area contributed by atoms with Crippen molar-refractivity contribution in [3.8, 4) is 11.5 Å². The van der Waals surface area contributed by atoms with E-state index < -0.39 is 0 Å². The van der Waals surface area contributed by atoms with Gasteiger partial charge in [-0.15, -0.1) is 5.10 Å². The molecule has 1 aliphatic rings. The predicted octanol–water partition coefficient (Wildman–Crippen LogP) is 3.30. The highest BCUT2D eigenvalue weighted by Crippen LogP contribution is 2.32. The van der Waals surface area contributed by atoms with Gasteiger partial charge in [0.25, 0.3) is 0 Å². The lowest BCUT2D eigenvalue weighted by atomic mass is 10.2. The smallest absolute Gasteiger partial charge is 0.230 e. The summed E-state index contributed by atoms with van der Waals surface area (Å²) in [4.78, 5) is 15.6. The molecule has 5 rings (SSSR count). The van der Waals surface area contributed by atoms with E-state index in [2.05, 4.69) is 20.5 Å². The number of carbonyl (C=O) groups excluding carboxylic acids is 1. The SMILES string of the molecule is O=C(CSc1nncc2c1[nH]c1ccc(F)cc12)NCC1COc2ccccc2O1. The highest BCUT2D eigenvalue weighted by atomic mass is 32.2. The number of para-hydroxylation sites is 2. The van der Waals surface area contributed by atoms with Gasteiger partial charge >= 0.3 is 0 Å². The van der Waals surface area contributed by atoms with Crippen LogP contribution in [-0.2, 0) is 4.79 Å². The normalized spacial score (nSPS) is 15.4. The number of nitrogens with one attached hydrogen (secondary N) is 2. The van der Waals surface area contributed by atoms with Gasteiger partial charge in [-0.2, -0.15) is 5.10 Å². The molecule has 0 saturated heterocycles. The molecule has 2 aromatic carbocycles. The Labute approximate surface area is 175 Å². The summed E-state index contributed by atoms with van der Waals surface area (Å²) in [5.74, 6) is 1.09. The molecule has 3 heterocycles. The molecule has 4 aromatic rings. The number of aromatic amines is 1. The Kier molecular flexibility index (Phi) is 4.88. The molecule has 0 spiro atoms. The van der Waals surface area contributed by atoms with Crippen LogP contribution in [0, 0.1) is 5.82 Å². The van der Waals surface area contributed by atoms with Gasteiger partial charge < -0.3 is 19.8 Å². The van der Waals surface area contributed by atoms with Crippen molar-refractivity contribution in [2.45, 2.75) is 11.1 Å². The number of fused-ring (bicyclic) bond motifs is 4. The quantitative estimate of drug-likeness (QED) is 0.478. The van der Waals surface area contributed by atoms with Gasteiger partial charge in [0, 0.05) is 16.3 Å². The number of hydrogen-bond donors (Lipinski definition) is 2.